The van der Waals surface area contributed by atoms with E-state index in [1.54, 1.807) is 6.07 Å². The third-order valence-corrected chi connectivity index (χ3v) is 6.90. The van der Waals surface area contributed by atoms with Crippen LogP contribution in [0.3, 0.4) is 0 Å². The second-order valence-corrected chi connectivity index (χ2v) is 9.47. The van der Waals surface area contributed by atoms with Crippen LogP contribution in [0.2, 0.25) is 0 Å². The van der Waals surface area contributed by atoms with Crippen molar-refractivity contribution in [3.8, 4) is 5.75 Å². The Morgan fingerprint density at radius 2 is 2.00 bits per heavy atom. The summed E-state index contributed by atoms with van der Waals surface area (Å²) < 4.78 is 7.17. The first-order chi connectivity index (χ1) is 14.6. The number of ketones is 2. The van der Waals surface area contributed by atoms with Gasteiger partial charge in [0.2, 0.25) is 11.6 Å². The fourth-order valence-electron chi connectivity index (χ4n) is 4.38. The summed E-state index contributed by atoms with van der Waals surface area (Å²) in [7, 11) is 1.44. The van der Waals surface area contributed by atoms with Gasteiger partial charge in [-0.2, -0.15) is 0 Å². The number of aromatic nitrogens is 1. The molecule has 1 aromatic carbocycles. The van der Waals surface area contributed by atoms with Gasteiger partial charge in [-0.1, -0.05) is 25.2 Å². The molecule has 31 heavy (non-hydrogen) atoms. The van der Waals surface area contributed by atoms with Crippen LogP contribution in [0.1, 0.15) is 81.6 Å². The first-order valence-corrected chi connectivity index (χ1v) is 11.0. The molecule has 0 amide bonds. The molecule has 2 atom stereocenters. The maximum Gasteiger partial charge on any atom is 0.308 e. The van der Waals surface area contributed by atoms with Gasteiger partial charge in [0, 0.05) is 18.2 Å². The van der Waals surface area contributed by atoms with Gasteiger partial charge in [-0.25, -0.2) is 0 Å². The van der Waals surface area contributed by atoms with Gasteiger partial charge in [0.25, 0.3) is 0 Å². The summed E-state index contributed by atoms with van der Waals surface area (Å²) >= 11 is 0.690. The van der Waals surface area contributed by atoms with E-state index in [1.165, 1.54) is 7.05 Å². The highest BCUT2D eigenvalue weighted by molar-refractivity contribution is 7.12. The molecular weight excluding hydrogens is 422 g/mol. The van der Waals surface area contributed by atoms with Crippen LogP contribution in [0.5, 0.6) is 5.75 Å². The predicted octanol–water partition coefficient (Wildman–Crippen LogP) is 2.82. The fourth-order valence-corrected chi connectivity index (χ4v) is 5.30. The fraction of sp³-hybridized carbons (Fsp3) is 0.455. The number of carbonyl (C=O) groups is 3. The Morgan fingerprint density at radius 3 is 2.65 bits per heavy atom. The van der Waals surface area contributed by atoms with Crippen LogP contribution < -0.4 is 4.87 Å². The third-order valence-electron chi connectivity index (χ3n) is 5.87. The molecule has 1 aliphatic carbocycles. The Bertz CT molecular complexity index is 1170. The number of benzene rings is 1. The molecule has 2 aliphatic rings. The summed E-state index contributed by atoms with van der Waals surface area (Å²) in [5.74, 6) is -1.99. The molecule has 1 aromatic heterocycles. The van der Waals surface area contributed by atoms with Gasteiger partial charge in [-0.15, -0.1) is 0 Å². The van der Waals surface area contributed by atoms with Crippen LogP contribution in [-0.4, -0.2) is 38.4 Å². The van der Waals surface area contributed by atoms with Crippen molar-refractivity contribution in [1.82, 2.24) is 4.57 Å². The minimum Gasteiger partial charge on any atom is -0.507 e. The van der Waals surface area contributed by atoms with Crippen molar-refractivity contribution in [3.05, 3.63) is 48.6 Å². The van der Waals surface area contributed by atoms with E-state index in [0.717, 1.165) is 11.0 Å². The van der Waals surface area contributed by atoms with Gasteiger partial charge in [-0.05, 0) is 36.8 Å². The highest BCUT2D eigenvalue weighted by Crippen LogP contribution is 2.45. The molecule has 1 aliphatic heterocycles. The van der Waals surface area contributed by atoms with E-state index in [0.29, 0.717) is 34.8 Å². The molecule has 0 unspecified atom stereocenters. The number of aromatic hydroxyl groups is 1. The molecular formula is C22H23NO7S. The molecule has 9 heteroatoms. The summed E-state index contributed by atoms with van der Waals surface area (Å²) in [5, 5.41) is 20.3. The third kappa shape index (κ3) is 3.51. The van der Waals surface area contributed by atoms with Crippen molar-refractivity contribution in [3.63, 3.8) is 0 Å². The number of carbonyl (C=O) groups excluding carboxylic acids is 2. The summed E-state index contributed by atoms with van der Waals surface area (Å²) in [6.07, 6.45) is 0.134. The molecule has 0 spiro atoms. The van der Waals surface area contributed by atoms with Crippen LogP contribution in [0.4, 0.5) is 0 Å². The number of carboxylic acid groups (broad SMARTS) is 1. The highest BCUT2D eigenvalue weighted by atomic mass is 32.1. The van der Waals surface area contributed by atoms with E-state index in [1.807, 2.05) is 13.8 Å². The number of nitrogens with zero attached hydrogens (tertiary/aromatic N) is 1. The lowest BCUT2D eigenvalue weighted by atomic mass is 9.81. The summed E-state index contributed by atoms with van der Waals surface area (Å²) in [5.41, 5.74) is 1.01. The van der Waals surface area contributed by atoms with E-state index in [-0.39, 0.29) is 40.3 Å². The molecule has 0 fully saturated rings. The Labute approximate surface area is 182 Å². The van der Waals surface area contributed by atoms with Gasteiger partial charge >= 0.3 is 10.8 Å². The van der Waals surface area contributed by atoms with Crippen LogP contribution in [-0.2, 0) is 23.0 Å². The minimum absolute atomic E-state index is 0.0253. The van der Waals surface area contributed by atoms with Crippen LogP contribution >= 0.6 is 11.3 Å². The monoisotopic (exact) mass is 445 g/mol. The lowest BCUT2D eigenvalue weighted by Gasteiger charge is -2.34. The van der Waals surface area contributed by atoms with Crippen molar-refractivity contribution < 1.29 is 29.3 Å². The lowest BCUT2D eigenvalue weighted by Crippen LogP contribution is -2.31. The average molecular weight is 445 g/mol. The standard InChI is InChI=1S/C22H23NO7S/c1-9(2)4-5-13-15-10(6-11(30-13)8-14(24)25)7-12-16(19(15)27)20(28)21-17(18(12)26)23(3)22(29)31-21/h7,9,11,13,27H,4-6,8H2,1-3H3,(H,24,25)/t11-,13+/m0/s1. The van der Waals surface area contributed by atoms with Crippen LogP contribution in [0.25, 0.3) is 0 Å². The lowest BCUT2D eigenvalue weighted by molar-refractivity contribution is -0.142. The van der Waals surface area contributed by atoms with Crippen LogP contribution in [0.15, 0.2) is 10.9 Å². The second kappa shape index (κ2) is 7.72. The maximum atomic E-state index is 13.1. The summed E-state index contributed by atoms with van der Waals surface area (Å²) in [6, 6.07) is 1.56. The zero-order valence-electron chi connectivity index (χ0n) is 17.4. The number of carboxylic acids is 1. The Morgan fingerprint density at radius 1 is 1.29 bits per heavy atom. The van der Waals surface area contributed by atoms with Crippen molar-refractivity contribution in [2.24, 2.45) is 13.0 Å². The molecule has 0 saturated heterocycles. The SMILES string of the molecule is CC(C)CC[C@H]1O[C@H](CC(=O)O)Cc2cc3c(c(O)c21)C(=O)c1sc(=O)n(C)c1C3=O. The molecule has 0 radical (unpaired) electrons. The largest absolute Gasteiger partial charge is 0.507 e. The number of hydrogen-bond acceptors (Lipinski definition) is 7. The maximum absolute atomic E-state index is 13.1. The number of hydrogen-bond donors (Lipinski definition) is 2. The van der Waals surface area contributed by atoms with Crippen molar-refractivity contribution in [1.29, 1.82) is 0 Å². The van der Waals surface area contributed by atoms with Gasteiger partial charge in [0.1, 0.15) is 16.3 Å². The molecule has 2 aromatic rings. The highest BCUT2D eigenvalue weighted by Gasteiger charge is 2.41. The second-order valence-electron chi connectivity index (χ2n) is 8.50. The first kappa shape index (κ1) is 21.5. The van der Waals surface area contributed by atoms with E-state index in [4.69, 9.17) is 4.74 Å². The first-order valence-electron chi connectivity index (χ1n) is 10.1. The van der Waals surface area contributed by atoms with Crippen molar-refractivity contribution in [2.75, 3.05) is 0 Å². The zero-order chi connectivity index (χ0) is 22.6. The number of aliphatic carboxylic acids is 1. The number of thiazole rings is 1. The predicted molar refractivity (Wildman–Crippen MR) is 112 cm³/mol. The topological polar surface area (TPSA) is 123 Å². The van der Waals surface area contributed by atoms with Gasteiger partial charge in [0.05, 0.1) is 24.2 Å². The van der Waals surface area contributed by atoms with Crippen LogP contribution in [0, 0.1) is 5.92 Å². The Hall–Kier alpha value is -2.78. The van der Waals surface area contributed by atoms with E-state index >= 15 is 0 Å². The van der Waals surface area contributed by atoms with Gasteiger partial charge in [-0.3, -0.25) is 23.7 Å². The van der Waals surface area contributed by atoms with E-state index in [2.05, 4.69) is 0 Å². The molecule has 0 saturated carbocycles. The normalized spacial score (nSPS) is 19.9. The average Bonchev–Trinajstić information content (AvgIpc) is 2.98. The van der Waals surface area contributed by atoms with E-state index < -0.39 is 34.6 Å². The number of ether oxygens (including phenoxy) is 1. The number of phenols is 1. The summed E-state index contributed by atoms with van der Waals surface area (Å²) in [4.78, 5) is 49.2. The Balaban J connectivity index is 1.87. The summed E-state index contributed by atoms with van der Waals surface area (Å²) in [6.45, 7) is 4.10. The molecule has 2 N–H and O–H groups in total. The number of fused-ring (bicyclic) bond motifs is 3. The number of phenolic OH excluding ortho intramolecular Hbond substituents is 1. The smallest absolute Gasteiger partial charge is 0.308 e. The van der Waals surface area contributed by atoms with Crippen molar-refractivity contribution >= 4 is 28.9 Å². The van der Waals surface area contributed by atoms with Gasteiger partial charge < -0.3 is 14.9 Å². The number of rotatable bonds is 5. The molecule has 2 heterocycles. The Kier molecular flexibility index (Phi) is 5.35. The van der Waals surface area contributed by atoms with E-state index in [9.17, 15) is 29.4 Å². The molecule has 164 valence electrons. The zero-order valence-corrected chi connectivity index (χ0v) is 18.2. The van der Waals surface area contributed by atoms with Gasteiger partial charge in [0.15, 0.2) is 0 Å². The quantitative estimate of drug-likeness (QED) is 0.619. The minimum atomic E-state index is -0.998. The molecule has 8 nitrogen and oxygen atoms in total. The molecule has 0 bridgehead atoms. The molecule has 4 rings (SSSR count). The van der Waals surface area contributed by atoms with Crippen molar-refractivity contribution in [2.45, 2.75) is 51.7 Å².